The van der Waals surface area contributed by atoms with Gasteiger partial charge < -0.3 is 10.5 Å². The molecule has 0 aliphatic heterocycles. The summed E-state index contributed by atoms with van der Waals surface area (Å²) in [6, 6.07) is 5.39. The molecule has 3 nitrogen and oxygen atoms in total. The van der Waals surface area contributed by atoms with Gasteiger partial charge in [0.15, 0.2) is 0 Å². The lowest BCUT2D eigenvalue weighted by molar-refractivity contribution is 0.0285. The minimum atomic E-state index is -0.324. The highest BCUT2D eigenvalue weighted by molar-refractivity contribution is 5.95. The van der Waals surface area contributed by atoms with E-state index in [0.29, 0.717) is 11.3 Å². The van der Waals surface area contributed by atoms with Crippen molar-refractivity contribution in [3.05, 3.63) is 29.3 Å². The van der Waals surface area contributed by atoms with Crippen LogP contribution in [-0.4, -0.2) is 12.1 Å². The molecule has 0 spiro atoms. The SMILES string of the molecule is CCC(CC)OC(=O)c1cccc(C)c1N. The summed E-state index contributed by atoms with van der Waals surface area (Å²) in [4.78, 5) is 11.8. The van der Waals surface area contributed by atoms with E-state index >= 15 is 0 Å². The van der Waals surface area contributed by atoms with Crippen LogP contribution in [0.4, 0.5) is 5.69 Å². The van der Waals surface area contributed by atoms with Crippen LogP contribution in [0.5, 0.6) is 0 Å². The number of anilines is 1. The van der Waals surface area contributed by atoms with Crippen molar-refractivity contribution in [2.75, 3.05) is 5.73 Å². The number of nitrogens with two attached hydrogens (primary N) is 1. The Kier molecular flexibility index (Phi) is 4.35. The van der Waals surface area contributed by atoms with Gasteiger partial charge in [0.1, 0.15) is 6.10 Å². The first-order chi connectivity index (χ1) is 7.60. The standard InChI is InChI=1S/C13H19NO2/c1-4-10(5-2)16-13(15)11-8-6-7-9(3)12(11)14/h6-8,10H,4-5,14H2,1-3H3. The molecule has 0 aliphatic rings. The largest absolute Gasteiger partial charge is 0.459 e. The van der Waals surface area contributed by atoms with Crippen molar-refractivity contribution in [1.82, 2.24) is 0 Å². The van der Waals surface area contributed by atoms with Crippen molar-refractivity contribution in [2.24, 2.45) is 0 Å². The van der Waals surface area contributed by atoms with E-state index in [0.717, 1.165) is 18.4 Å². The van der Waals surface area contributed by atoms with E-state index in [1.54, 1.807) is 6.07 Å². The summed E-state index contributed by atoms with van der Waals surface area (Å²) < 4.78 is 5.35. The van der Waals surface area contributed by atoms with E-state index in [1.165, 1.54) is 0 Å². The molecular formula is C13H19NO2. The van der Waals surface area contributed by atoms with Gasteiger partial charge in [-0.2, -0.15) is 0 Å². The summed E-state index contributed by atoms with van der Waals surface area (Å²) in [6.07, 6.45) is 1.63. The van der Waals surface area contributed by atoms with Gasteiger partial charge in [0, 0.05) is 5.69 Å². The first-order valence-electron chi connectivity index (χ1n) is 5.66. The summed E-state index contributed by atoms with van der Waals surface area (Å²) in [5, 5.41) is 0. The first kappa shape index (κ1) is 12.6. The van der Waals surface area contributed by atoms with Crippen molar-refractivity contribution >= 4 is 11.7 Å². The average Bonchev–Trinajstić information content (AvgIpc) is 2.29. The molecule has 0 amide bonds. The third-order valence-electron chi connectivity index (χ3n) is 2.73. The van der Waals surface area contributed by atoms with E-state index < -0.39 is 0 Å². The summed E-state index contributed by atoms with van der Waals surface area (Å²) in [5.41, 5.74) is 7.72. The average molecular weight is 221 g/mol. The maximum Gasteiger partial charge on any atom is 0.340 e. The zero-order chi connectivity index (χ0) is 12.1. The predicted molar refractivity (Wildman–Crippen MR) is 65.4 cm³/mol. The smallest absolute Gasteiger partial charge is 0.340 e. The van der Waals surface area contributed by atoms with Crippen LogP contribution in [-0.2, 0) is 4.74 Å². The maximum atomic E-state index is 11.8. The Morgan fingerprint density at radius 2 is 2.00 bits per heavy atom. The number of nitrogen functional groups attached to an aromatic ring is 1. The number of carbonyl (C=O) groups is 1. The number of aryl methyl sites for hydroxylation is 1. The fourth-order valence-corrected chi connectivity index (χ4v) is 1.53. The van der Waals surface area contributed by atoms with Gasteiger partial charge in [0.25, 0.3) is 0 Å². The van der Waals surface area contributed by atoms with E-state index in [9.17, 15) is 4.79 Å². The van der Waals surface area contributed by atoms with Gasteiger partial charge in [-0.3, -0.25) is 0 Å². The first-order valence-corrected chi connectivity index (χ1v) is 5.66. The highest BCUT2D eigenvalue weighted by Gasteiger charge is 2.15. The van der Waals surface area contributed by atoms with Gasteiger partial charge in [-0.1, -0.05) is 26.0 Å². The molecule has 0 fully saturated rings. The van der Waals surface area contributed by atoms with Gasteiger partial charge in [-0.05, 0) is 31.4 Å². The molecule has 0 radical (unpaired) electrons. The molecule has 0 saturated heterocycles. The minimum Gasteiger partial charge on any atom is -0.459 e. The van der Waals surface area contributed by atoms with Gasteiger partial charge in [-0.15, -0.1) is 0 Å². The van der Waals surface area contributed by atoms with Crippen molar-refractivity contribution in [1.29, 1.82) is 0 Å². The van der Waals surface area contributed by atoms with Crippen LogP contribution in [0.15, 0.2) is 18.2 Å². The zero-order valence-electron chi connectivity index (χ0n) is 10.1. The van der Waals surface area contributed by atoms with Crippen molar-refractivity contribution < 1.29 is 9.53 Å². The van der Waals surface area contributed by atoms with Crippen LogP contribution in [0.25, 0.3) is 0 Å². The molecule has 1 rings (SSSR count). The third-order valence-corrected chi connectivity index (χ3v) is 2.73. The molecule has 0 saturated carbocycles. The van der Waals surface area contributed by atoms with Crippen molar-refractivity contribution in [3.63, 3.8) is 0 Å². The number of para-hydroxylation sites is 1. The molecule has 1 aromatic carbocycles. The molecule has 16 heavy (non-hydrogen) atoms. The fourth-order valence-electron chi connectivity index (χ4n) is 1.53. The van der Waals surface area contributed by atoms with Crippen molar-refractivity contribution in [3.8, 4) is 0 Å². The molecule has 0 heterocycles. The van der Waals surface area contributed by atoms with E-state index in [-0.39, 0.29) is 12.1 Å². The molecule has 2 N–H and O–H groups in total. The quantitative estimate of drug-likeness (QED) is 0.628. The van der Waals surface area contributed by atoms with Crippen LogP contribution < -0.4 is 5.73 Å². The second-order valence-corrected chi connectivity index (χ2v) is 3.88. The molecular weight excluding hydrogens is 202 g/mol. The lowest BCUT2D eigenvalue weighted by atomic mass is 10.1. The normalized spacial score (nSPS) is 10.5. The number of esters is 1. The molecule has 1 aromatic rings. The summed E-state index contributed by atoms with van der Waals surface area (Å²) >= 11 is 0. The monoisotopic (exact) mass is 221 g/mol. The van der Waals surface area contributed by atoms with E-state index in [2.05, 4.69) is 0 Å². The maximum absolute atomic E-state index is 11.8. The van der Waals surface area contributed by atoms with Crippen LogP contribution in [0, 0.1) is 6.92 Å². The number of rotatable bonds is 4. The molecule has 0 atom stereocenters. The second-order valence-electron chi connectivity index (χ2n) is 3.88. The van der Waals surface area contributed by atoms with Crippen LogP contribution in [0.1, 0.15) is 42.6 Å². The van der Waals surface area contributed by atoms with Crippen LogP contribution in [0.2, 0.25) is 0 Å². The van der Waals surface area contributed by atoms with Crippen molar-refractivity contribution in [2.45, 2.75) is 39.7 Å². The number of hydrogen-bond donors (Lipinski definition) is 1. The van der Waals surface area contributed by atoms with Gasteiger partial charge in [-0.25, -0.2) is 4.79 Å². The molecule has 0 bridgehead atoms. The Morgan fingerprint density at radius 3 is 2.56 bits per heavy atom. The Hall–Kier alpha value is -1.51. The third kappa shape index (κ3) is 2.75. The summed E-state index contributed by atoms with van der Waals surface area (Å²) in [7, 11) is 0. The summed E-state index contributed by atoms with van der Waals surface area (Å²) in [5.74, 6) is -0.324. The van der Waals surface area contributed by atoms with E-state index in [1.807, 2.05) is 32.9 Å². The van der Waals surface area contributed by atoms with E-state index in [4.69, 9.17) is 10.5 Å². The highest BCUT2D eigenvalue weighted by atomic mass is 16.5. The fraction of sp³-hybridized carbons (Fsp3) is 0.462. The minimum absolute atomic E-state index is 0.0209. The lowest BCUT2D eigenvalue weighted by Crippen LogP contribution is -2.17. The molecule has 88 valence electrons. The predicted octanol–water partition coefficient (Wildman–Crippen LogP) is 2.92. The number of benzene rings is 1. The molecule has 0 aromatic heterocycles. The topological polar surface area (TPSA) is 52.3 Å². The lowest BCUT2D eigenvalue weighted by Gasteiger charge is -2.15. The van der Waals surface area contributed by atoms with Crippen LogP contribution in [0.3, 0.4) is 0 Å². The molecule has 3 heteroatoms. The number of carbonyl (C=O) groups excluding carboxylic acids is 1. The highest BCUT2D eigenvalue weighted by Crippen LogP contribution is 2.18. The van der Waals surface area contributed by atoms with Gasteiger partial charge in [0.2, 0.25) is 0 Å². The molecule has 0 unspecified atom stereocenters. The zero-order valence-corrected chi connectivity index (χ0v) is 10.1. The number of ether oxygens (including phenoxy) is 1. The Morgan fingerprint density at radius 1 is 1.38 bits per heavy atom. The Labute approximate surface area is 96.6 Å². The Balaban J connectivity index is 2.84. The second kappa shape index (κ2) is 5.54. The van der Waals surface area contributed by atoms with Crippen LogP contribution >= 0.6 is 0 Å². The van der Waals surface area contributed by atoms with Gasteiger partial charge in [0.05, 0.1) is 5.56 Å². The van der Waals surface area contributed by atoms with Gasteiger partial charge >= 0.3 is 5.97 Å². The Bertz CT molecular complexity index is 370. The number of hydrogen-bond acceptors (Lipinski definition) is 3. The molecule has 0 aliphatic carbocycles. The summed E-state index contributed by atoms with van der Waals surface area (Å²) in [6.45, 7) is 5.88.